The second kappa shape index (κ2) is 4.77. The van der Waals surface area contributed by atoms with E-state index in [1.807, 2.05) is 6.20 Å². The van der Waals surface area contributed by atoms with Crippen LogP contribution < -0.4 is 0 Å². The van der Waals surface area contributed by atoms with E-state index in [0.717, 1.165) is 5.92 Å². The van der Waals surface area contributed by atoms with Crippen LogP contribution in [-0.2, 0) is 0 Å². The third-order valence-corrected chi connectivity index (χ3v) is 5.21. The average molecular weight is 261 g/mol. The Labute approximate surface area is 121 Å². The van der Waals surface area contributed by atoms with Gasteiger partial charge in [-0.05, 0) is 41.1 Å². The van der Waals surface area contributed by atoms with Gasteiger partial charge in [0.2, 0.25) is 0 Å². The number of hydrogen-bond acceptors (Lipinski definition) is 1. The van der Waals surface area contributed by atoms with Crippen molar-refractivity contribution in [2.45, 2.75) is 37.5 Å². The Morgan fingerprint density at radius 3 is 2.70 bits per heavy atom. The fraction of sp³-hybridized carbons (Fsp3) is 0.389. The van der Waals surface area contributed by atoms with Gasteiger partial charge >= 0.3 is 0 Å². The monoisotopic (exact) mass is 261 g/mol. The van der Waals surface area contributed by atoms with E-state index in [4.69, 9.17) is 0 Å². The predicted octanol–water partition coefficient (Wildman–Crippen LogP) is 3.63. The molecule has 0 saturated heterocycles. The molecule has 100 valence electrons. The Kier molecular flexibility index (Phi) is 2.91. The molecule has 1 aromatic rings. The quantitative estimate of drug-likeness (QED) is 0.684. The van der Waals surface area contributed by atoms with Gasteiger partial charge in [-0.15, -0.1) is 0 Å². The topological polar surface area (TPSA) is 12.4 Å². The highest BCUT2D eigenvalue weighted by Crippen LogP contribution is 2.43. The van der Waals surface area contributed by atoms with Gasteiger partial charge in [0.05, 0.1) is 0 Å². The molecule has 2 heteroatoms. The maximum absolute atomic E-state index is 4.54. The highest BCUT2D eigenvalue weighted by atomic mass is 14.7. The number of benzene rings is 1. The second-order valence-corrected chi connectivity index (χ2v) is 6.36. The molecule has 1 fully saturated rings. The molecule has 1 nitrogen and oxygen atoms in total. The van der Waals surface area contributed by atoms with Crippen LogP contribution in [0.1, 0.15) is 54.2 Å². The van der Waals surface area contributed by atoms with Crippen molar-refractivity contribution in [2.75, 3.05) is 0 Å². The molecule has 0 amide bonds. The van der Waals surface area contributed by atoms with Crippen molar-refractivity contribution >= 4 is 19.5 Å². The van der Waals surface area contributed by atoms with Gasteiger partial charge in [-0.25, -0.2) is 0 Å². The third-order valence-electron chi connectivity index (χ3n) is 5.21. The lowest BCUT2D eigenvalue weighted by Crippen LogP contribution is -2.25. The molecule has 0 aromatic heterocycles. The van der Waals surface area contributed by atoms with E-state index >= 15 is 0 Å². The van der Waals surface area contributed by atoms with Crippen LogP contribution in [0.2, 0.25) is 0 Å². The molecule has 2 unspecified atom stereocenters. The minimum absolute atomic E-state index is 0.460. The third kappa shape index (κ3) is 1.82. The van der Waals surface area contributed by atoms with Gasteiger partial charge in [-0.2, -0.15) is 0 Å². The predicted molar refractivity (Wildman–Crippen MR) is 88.0 cm³/mol. The zero-order valence-electron chi connectivity index (χ0n) is 12.0. The summed E-state index contributed by atoms with van der Waals surface area (Å²) >= 11 is 0. The lowest BCUT2D eigenvalue weighted by Gasteiger charge is -2.32. The molecule has 1 aromatic carbocycles. The van der Waals surface area contributed by atoms with Crippen molar-refractivity contribution in [3.05, 3.63) is 53.2 Å². The van der Waals surface area contributed by atoms with Crippen LogP contribution in [0.15, 0.2) is 41.5 Å². The van der Waals surface area contributed by atoms with Crippen molar-refractivity contribution in [3.63, 3.8) is 0 Å². The molecule has 0 N–H and O–H groups in total. The van der Waals surface area contributed by atoms with E-state index in [2.05, 4.69) is 49.3 Å². The lowest BCUT2D eigenvalue weighted by atomic mass is 9.69. The van der Waals surface area contributed by atoms with Gasteiger partial charge in [-0.1, -0.05) is 49.3 Å². The maximum atomic E-state index is 4.54. The fourth-order valence-corrected chi connectivity index (χ4v) is 4.20. The number of aliphatic imine (C=N–C) groups is 1. The summed E-state index contributed by atoms with van der Waals surface area (Å²) in [4.78, 5) is 4.54. The first kappa shape index (κ1) is 12.2. The Morgan fingerprint density at radius 2 is 1.85 bits per heavy atom. The molecule has 0 spiro atoms. The summed E-state index contributed by atoms with van der Waals surface area (Å²) < 4.78 is 0. The van der Waals surface area contributed by atoms with Gasteiger partial charge in [-0.3, -0.25) is 4.99 Å². The Bertz CT molecular complexity index is 620. The first-order chi connectivity index (χ1) is 9.84. The van der Waals surface area contributed by atoms with Crippen molar-refractivity contribution in [1.82, 2.24) is 0 Å². The van der Waals surface area contributed by atoms with E-state index in [1.54, 1.807) is 5.56 Å². The first-order valence-electron chi connectivity index (χ1n) is 7.86. The van der Waals surface area contributed by atoms with Gasteiger partial charge < -0.3 is 0 Å². The van der Waals surface area contributed by atoms with Gasteiger partial charge in [0.15, 0.2) is 7.85 Å². The second-order valence-electron chi connectivity index (χ2n) is 6.36. The van der Waals surface area contributed by atoms with Gasteiger partial charge in [0.1, 0.15) is 0 Å². The summed E-state index contributed by atoms with van der Waals surface area (Å²) in [6.07, 6.45) is 14.5. The van der Waals surface area contributed by atoms with Crippen molar-refractivity contribution < 1.29 is 0 Å². The first-order valence-corrected chi connectivity index (χ1v) is 7.86. The smallest absolute Gasteiger partial charge is 0.159 e. The van der Waals surface area contributed by atoms with Crippen LogP contribution in [0, 0.1) is 5.92 Å². The molecule has 20 heavy (non-hydrogen) atoms. The molecule has 2 atom stereocenters. The van der Waals surface area contributed by atoms with E-state index in [1.165, 1.54) is 42.4 Å². The highest BCUT2D eigenvalue weighted by Gasteiger charge is 2.30. The number of fused-ring (bicyclic) bond motifs is 3. The molecule has 0 bridgehead atoms. The molecule has 3 aliphatic rings. The molecular formula is C18H20BN. The van der Waals surface area contributed by atoms with Gasteiger partial charge in [0, 0.05) is 18.0 Å². The van der Waals surface area contributed by atoms with Crippen molar-refractivity contribution in [2.24, 2.45) is 10.9 Å². The Hall–Kier alpha value is -1.57. The highest BCUT2D eigenvalue weighted by molar-refractivity contribution is 6.61. The van der Waals surface area contributed by atoms with E-state index < -0.39 is 0 Å². The molecular weight excluding hydrogens is 241 g/mol. The van der Waals surface area contributed by atoms with E-state index in [-0.39, 0.29) is 0 Å². The number of nitrogens with zero attached hydrogens (tertiary/aromatic N) is 1. The molecule has 1 heterocycles. The van der Waals surface area contributed by atoms with Crippen LogP contribution >= 0.6 is 0 Å². The summed E-state index contributed by atoms with van der Waals surface area (Å²) in [5.74, 6) is 1.74. The van der Waals surface area contributed by atoms with Gasteiger partial charge in [0.25, 0.3) is 0 Å². The largest absolute Gasteiger partial charge is 0.276 e. The molecule has 1 aliphatic heterocycles. The maximum Gasteiger partial charge on any atom is 0.159 e. The standard InChI is InChI=1S/C18H20BN/c19-18-17-13(10-11-20-18)8-9-15-14(6-3-7-16(15)17)12-4-1-2-5-12/h3,6-13,17H,1-2,4-5,19H2. The Balaban J connectivity index is 1.83. The zero-order chi connectivity index (χ0) is 13.5. The summed E-state index contributed by atoms with van der Waals surface area (Å²) in [6, 6.07) is 6.92. The number of allylic oxidation sites excluding steroid dienone is 2. The van der Waals surface area contributed by atoms with E-state index in [0.29, 0.717) is 11.8 Å². The molecule has 2 aliphatic carbocycles. The minimum Gasteiger partial charge on any atom is -0.276 e. The zero-order valence-corrected chi connectivity index (χ0v) is 12.0. The number of rotatable bonds is 1. The summed E-state index contributed by atoms with van der Waals surface area (Å²) in [5.41, 5.74) is 5.82. The van der Waals surface area contributed by atoms with Crippen LogP contribution in [0.25, 0.3) is 6.08 Å². The fourth-order valence-electron chi connectivity index (χ4n) is 4.20. The van der Waals surface area contributed by atoms with Crippen LogP contribution in [0.3, 0.4) is 0 Å². The average Bonchev–Trinajstić information content (AvgIpc) is 3.00. The molecule has 0 radical (unpaired) electrons. The summed E-state index contributed by atoms with van der Waals surface area (Å²) in [7, 11) is 2.17. The normalized spacial score (nSPS) is 28.1. The van der Waals surface area contributed by atoms with Crippen LogP contribution in [0.4, 0.5) is 0 Å². The molecule has 4 rings (SSSR count). The van der Waals surface area contributed by atoms with E-state index in [9.17, 15) is 0 Å². The number of hydrogen-bond donors (Lipinski definition) is 0. The lowest BCUT2D eigenvalue weighted by molar-refractivity contribution is 0.698. The Morgan fingerprint density at radius 1 is 1.05 bits per heavy atom. The van der Waals surface area contributed by atoms with Crippen LogP contribution in [-0.4, -0.2) is 13.5 Å². The summed E-state index contributed by atoms with van der Waals surface area (Å²) in [5, 5.41) is 0. The van der Waals surface area contributed by atoms with Crippen molar-refractivity contribution in [3.8, 4) is 0 Å². The van der Waals surface area contributed by atoms with Crippen LogP contribution in [0.5, 0.6) is 0 Å². The van der Waals surface area contributed by atoms with Crippen molar-refractivity contribution in [1.29, 1.82) is 0 Å². The summed E-state index contributed by atoms with van der Waals surface area (Å²) in [6.45, 7) is 0. The molecule has 1 saturated carbocycles. The minimum atomic E-state index is 0.460. The SMILES string of the molecule is BC1=NC=CC2C=Cc3c(C4CCCC4)cccc3C12.